The van der Waals surface area contributed by atoms with E-state index >= 15 is 0 Å². The standard InChI is InChI=1S/C16H24N6O2/c1-3-14(16(23)19-15-8-12(2)24-20-15)22-7-5-4-6-13(22)9-21-11-17-10-18-21/h8,10-11,13-14H,3-7,9H2,1-2H3,(H,19,20,23)/t13-,14+/m0/s1. The van der Waals surface area contributed by atoms with Gasteiger partial charge in [-0.15, -0.1) is 0 Å². The van der Waals surface area contributed by atoms with Crippen LogP contribution in [0.5, 0.6) is 0 Å². The molecular weight excluding hydrogens is 308 g/mol. The quantitative estimate of drug-likeness (QED) is 0.868. The van der Waals surface area contributed by atoms with Gasteiger partial charge in [-0.05, 0) is 32.7 Å². The number of anilines is 1. The van der Waals surface area contributed by atoms with E-state index in [0.29, 0.717) is 11.6 Å². The molecule has 1 fully saturated rings. The summed E-state index contributed by atoms with van der Waals surface area (Å²) in [4.78, 5) is 19.0. The van der Waals surface area contributed by atoms with Gasteiger partial charge in [0.15, 0.2) is 5.82 Å². The molecule has 0 unspecified atom stereocenters. The molecule has 1 N–H and O–H groups in total. The van der Waals surface area contributed by atoms with Crippen LogP contribution in [0.3, 0.4) is 0 Å². The van der Waals surface area contributed by atoms with Crippen molar-refractivity contribution < 1.29 is 9.32 Å². The van der Waals surface area contributed by atoms with Gasteiger partial charge >= 0.3 is 0 Å². The van der Waals surface area contributed by atoms with Crippen LogP contribution < -0.4 is 5.32 Å². The molecule has 1 aliphatic heterocycles. The molecule has 1 aliphatic rings. The number of aryl methyl sites for hydroxylation is 1. The molecule has 1 amide bonds. The van der Waals surface area contributed by atoms with Crippen molar-refractivity contribution in [1.29, 1.82) is 0 Å². The van der Waals surface area contributed by atoms with E-state index in [-0.39, 0.29) is 18.0 Å². The summed E-state index contributed by atoms with van der Waals surface area (Å²) in [5.74, 6) is 1.12. The molecule has 3 heterocycles. The molecule has 0 saturated carbocycles. The van der Waals surface area contributed by atoms with Crippen molar-refractivity contribution in [3.8, 4) is 0 Å². The van der Waals surface area contributed by atoms with Gasteiger partial charge in [-0.25, -0.2) is 4.98 Å². The number of nitrogens with zero attached hydrogens (tertiary/aromatic N) is 5. The zero-order chi connectivity index (χ0) is 16.9. The fraction of sp³-hybridized carbons (Fsp3) is 0.625. The minimum atomic E-state index is -0.184. The zero-order valence-corrected chi connectivity index (χ0v) is 14.2. The highest BCUT2D eigenvalue weighted by Crippen LogP contribution is 2.23. The van der Waals surface area contributed by atoms with Crippen LogP contribution in [0.15, 0.2) is 23.2 Å². The highest BCUT2D eigenvalue weighted by Gasteiger charge is 2.32. The average molecular weight is 332 g/mol. The van der Waals surface area contributed by atoms with Crippen molar-refractivity contribution in [1.82, 2.24) is 24.8 Å². The number of nitrogens with one attached hydrogen (secondary N) is 1. The van der Waals surface area contributed by atoms with Gasteiger partial charge in [-0.1, -0.05) is 18.5 Å². The third-order valence-corrected chi connectivity index (χ3v) is 4.51. The number of aromatic nitrogens is 4. The Labute approximate surface area is 141 Å². The van der Waals surface area contributed by atoms with Crippen LogP contribution in [-0.4, -0.2) is 49.4 Å². The second kappa shape index (κ2) is 7.57. The minimum Gasteiger partial charge on any atom is -0.360 e. The molecule has 130 valence electrons. The molecule has 24 heavy (non-hydrogen) atoms. The molecule has 0 spiro atoms. The minimum absolute atomic E-state index is 0.0312. The van der Waals surface area contributed by atoms with Crippen molar-refractivity contribution in [3.63, 3.8) is 0 Å². The summed E-state index contributed by atoms with van der Waals surface area (Å²) in [6.45, 7) is 5.52. The summed E-state index contributed by atoms with van der Waals surface area (Å²) in [5, 5.41) is 10.9. The third-order valence-electron chi connectivity index (χ3n) is 4.51. The first-order chi connectivity index (χ1) is 11.7. The Balaban J connectivity index is 1.70. The maximum Gasteiger partial charge on any atom is 0.242 e. The van der Waals surface area contributed by atoms with E-state index in [0.717, 1.165) is 32.4 Å². The van der Waals surface area contributed by atoms with Crippen LogP contribution in [0.1, 0.15) is 38.4 Å². The summed E-state index contributed by atoms with van der Waals surface area (Å²) < 4.78 is 6.86. The van der Waals surface area contributed by atoms with Crippen molar-refractivity contribution in [2.24, 2.45) is 0 Å². The van der Waals surface area contributed by atoms with Crippen LogP contribution in [0.25, 0.3) is 0 Å². The Morgan fingerprint density at radius 1 is 1.50 bits per heavy atom. The lowest BCUT2D eigenvalue weighted by atomic mass is 9.98. The van der Waals surface area contributed by atoms with E-state index in [1.165, 1.54) is 6.42 Å². The zero-order valence-electron chi connectivity index (χ0n) is 14.2. The van der Waals surface area contributed by atoms with Crippen LogP contribution in [0, 0.1) is 6.92 Å². The first kappa shape index (κ1) is 16.6. The molecule has 2 aromatic heterocycles. The molecule has 3 rings (SSSR count). The summed E-state index contributed by atoms with van der Waals surface area (Å²) in [6, 6.07) is 1.83. The Bertz CT molecular complexity index is 653. The van der Waals surface area contributed by atoms with Crippen molar-refractivity contribution in [3.05, 3.63) is 24.5 Å². The van der Waals surface area contributed by atoms with Gasteiger partial charge in [-0.2, -0.15) is 5.10 Å². The molecule has 0 radical (unpaired) electrons. The number of likely N-dealkylation sites (tertiary alicyclic amines) is 1. The topological polar surface area (TPSA) is 89.1 Å². The summed E-state index contributed by atoms with van der Waals surface area (Å²) in [7, 11) is 0. The summed E-state index contributed by atoms with van der Waals surface area (Å²) in [5.41, 5.74) is 0. The molecule has 8 heteroatoms. The first-order valence-corrected chi connectivity index (χ1v) is 8.49. The Morgan fingerprint density at radius 2 is 2.38 bits per heavy atom. The van der Waals surface area contributed by atoms with Gasteiger partial charge in [0.1, 0.15) is 18.4 Å². The average Bonchev–Trinajstić information content (AvgIpc) is 3.21. The summed E-state index contributed by atoms with van der Waals surface area (Å²) in [6.07, 6.45) is 7.37. The Morgan fingerprint density at radius 3 is 3.04 bits per heavy atom. The van der Waals surface area contributed by atoms with E-state index in [1.54, 1.807) is 25.6 Å². The lowest BCUT2D eigenvalue weighted by Crippen LogP contribution is -2.52. The van der Waals surface area contributed by atoms with Gasteiger partial charge < -0.3 is 9.84 Å². The van der Waals surface area contributed by atoms with E-state index in [1.807, 2.05) is 11.6 Å². The smallest absolute Gasteiger partial charge is 0.242 e. The fourth-order valence-electron chi connectivity index (χ4n) is 3.38. The van der Waals surface area contributed by atoms with Crippen molar-refractivity contribution in [2.75, 3.05) is 11.9 Å². The molecule has 8 nitrogen and oxygen atoms in total. The Hall–Kier alpha value is -2.22. The molecular formula is C16H24N6O2. The third kappa shape index (κ3) is 3.81. The Kier molecular flexibility index (Phi) is 5.24. The van der Waals surface area contributed by atoms with Gasteiger partial charge in [0.2, 0.25) is 5.91 Å². The van der Waals surface area contributed by atoms with E-state index in [4.69, 9.17) is 4.52 Å². The maximum atomic E-state index is 12.7. The van der Waals surface area contributed by atoms with Crippen LogP contribution in [-0.2, 0) is 11.3 Å². The number of rotatable bonds is 6. The number of amides is 1. The highest BCUT2D eigenvalue weighted by atomic mass is 16.5. The molecule has 0 bridgehead atoms. The molecule has 2 aromatic rings. The highest BCUT2D eigenvalue weighted by molar-refractivity contribution is 5.94. The molecule has 0 aromatic carbocycles. The van der Waals surface area contributed by atoms with E-state index < -0.39 is 0 Å². The lowest BCUT2D eigenvalue weighted by molar-refractivity contribution is -0.123. The number of carbonyl (C=O) groups is 1. The number of piperidine rings is 1. The van der Waals surface area contributed by atoms with Crippen LogP contribution >= 0.6 is 0 Å². The molecule has 2 atom stereocenters. The first-order valence-electron chi connectivity index (χ1n) is 8.49. The van der Waals surface area contributed by atoms with Gasteiger partial charge in [0.05, 0.1) is 12.6 Å². The normalized spacial score (nSPS) is 20.0. The van der Waals surface area contributed by atoms with Crippen LogP contribution in [0.2, 0.25) is 0 Å². The largest absolute Gasteiger partial charge is 0.360 e. The fourth-order valence-corrected chi connectivity index (χ4v) is 3.38. The molecule has 0 aliphatic carbocycles. The maximum absolute atomic E-state index is 12.7. The van der Waals surface area contributed by atoms with Gasteiger partial charge in [0.25, 0.3) is 0 Å². The molecule has 1 saturated heterocycles. The predicted octanol–water partition coefficient (Wildman–Crippen LogP) is 1.85. The van der Waals surface area contributed by atoms with Crippen LogP contribution in [0.4, 0.5) is 5.82 Å². The SMILES string of the molecule is CC[C@H](C(=O)Nc1cc(C)on1)N1CCCC[C@H]1Cn1cncn1. The number of hydrogen-bond acceptors (Lipinski definition) is 6. The lowest BCUT2D eigenvalue weighted by Gasteiger charge is -2.40. The second-order valence-corrected chi connectivity index (χ2v) is 6.24. The van der Waals surface area contributed by atoms with E-state index in [9.17, 15) is 4.79 Å². The summed E-state index contributed by atoms with van der Waals surface area (Å²) >= 11 is 0. The second-order valence-electron chi connectivity index (χ2n) is 6.24. The van der Waals surface area contributed by atoms with E-state index in [2.05, 4.69) is 25.5 Å². The van der Waals surface area contributed by atoms with Crippen molar-refractivity contribution in [2.45, 2.75) is 58.2 Å². The number of hydrogen-bond donors (Lipinski definition) is 1. The number of carbonyl (C=O) groups excluding carboxylic acids is 1. The van der Waals surface area contributed by atoms with Gasteiger partial charge in [0, 0.05) is 12.1 Å². The van der Waals surface area contributed by atoms with Gasteiger partial charge in [-0.3, -0.25) is 14.4 Å². The van der Waals surface area contributed by atoms with Crippen molar-refractivity contribution >= 4 is 11.7 Å². The predicted molar refractivity (Wildman–Crippen MR) is 88.3 cm³/mol. The monoisotopic (exact) mass is 332 g/mol.